The van der Waals surface area contributed by atoms with E-state index >= 15 is 0 Å². The number of carboxylic acids is 1. The van der Waals surface area contributed by atoms with Crippen LogP contribution in [0.1, 0.15) is 19.8 Å². The molecule has 0 bridgehead atoms. The van der Waals surface area contributed by atoms with Crippen molar-refractivity contribution in [3.05, 3.63) is 0 Å². The van der Waals surface area contributed by atoms with Gasteiger partial charge in [0.1, 0.15) is 0 Å². The van der Waals surface area contributed by atoms with Crippen molar-refractivity contribution in [3.63, 3.8) is 0 Å². The molecule has 0 aromatic carbocycles. The van der Waals surface area contributed by atoms with E-state index in [-0.39, 0.29) is 18.5 Å². The van der Waals surface area contributed by atoms with Crippen LogP contribution in [0.5, 0.6) is 0 Å². The summed E-state index contributed by atoms with van der Waals surface area (Å²) in [7, 11) is 0. The number of nitrogens with two attached hydrogens (primary N) is 1. The summed E-state index contributed by atoms with van der Waals surface area (Å²) in [5.74, 6) is -1.35. The number of likely N-dealkylation sites (tertiary alicyclic amines) is 1. The van der Waals surface area contributed by atoms with Crippen molar-refractivity contribution >= 4 is 11.9 Å². The molecule has 3 N–H and O–H groups in total. The number of aliphatic carboxylic acids is 1. The average molecular weight is 256 g/mol. The van der Waals surface area contributed by atoms with Gasteiger partial charge in [0.05, 0.1) is 24.5 Å². The fourth-order valence-electron chi connectivity index (χ4n) is 2.63. The van der Waals surface area contributed by atoms with Crippen LogP contribution in [0.15, 0.2) is 0 Å². The van der Waals surface area contributed by atoms with Crippen LogP contribution in [0.3, 0.4) is 0 Å². The summed E-state index contributed by atoms with van der Waals surface area (Å²) in [6, 6.07) is -0.310. The van der Waals surface area contributed by atoms with Crippen LogP contribution in [-0.2, 0) is 14.3 Å². The first-order chi connectivity index (χ1) is 8.45. The molecule has 6 heteroatoms. The van der Waals surface area contributed by atoms with Crippen molar-refractivity contribution < 1.29 is 19.4 Å². The maximum absolute atomic E-state index is 12.5. The molecule has 2 aliphatic rings. The molecule has 1 amide bonds. The number of nitrogens with zero attached hydrogens (tertiary/aromatic N) is 1. The van der Waals surface area contributed by atoms with E-state index in [1.165, 1.54) is 0 Å². The van der Waals surface area contributed by atoms with Gasteiger partial charge in [-0.15, -0.1) is 0 Å². The highest BCUT2D eigenvalue weighted by Gasteiger charge is 2.47. The Bertz CT molecular complexity index is 360. The molecule has 0 aromatic heterocycles. The van der Waals surface area contributed by atoms with Crippen molar-refractivity contribution in [1.82, 2.24) is 4.90 Å². The summed E-state index contributed by atoms with van der Waals surface area (Å²) in [4.78, 5) is 25.1. The Morgan fingerprint density at radius 3 is 2.78 bits per heavy atom. The van der Waals surface area contributed by atoms with E-state index in [1.54, 1.807) is 11.8 Å². The van der Waals surface area contributed by atoms with Gasteiger partial charge in [0.2, 0.25) is 5.91 Å². The van der Waals surface area contributed by atoms with Crippen LogP contribution < -0.4 is 5.73 Å². The van der Waals surface area contributed by atoms with Gasteiger partial charge in [-0.25, -0.2) is 0 Å². The van der Waals surface area contributed by atoms with E-state index in [1.807, 2.05) is 0 Å². The van der Waals surface area contributed by atoms with Crippen molar-refractivity contribution in [3.8, 4) is 0 Å². The van der Waals surface area contributed by atoms with Crippen LogP contribution in [0.25, 0.3) is 0 Å². The van der Waals surface area contributed by atoms with Crippen molar-refractivity contribution in [2.75, 3.05) is 26.3 Å². The molecule has 2 saturated heterocycles. The largest absolute Gasteiger partial charge is 0.481 e. The van der Waals surface area contributed by atoms with Crippen LogP contribution in [0, 0.1) is 11.3 Å². The minimum Gasteiger partial charge on any atom is -0.481 e. The van der Waals surface area contributed by atoms with E-state index in [2.05, 4.69) is 0 Å². The number of hydrogen-bond donors (Lipinski definition) is 2. The van der Waals surface area contributed by atoms with Gasteiger partial charge in [0.25, 0.3) is 0 Å². The highest BCUT2D eigenvalue weighted by atomic mass is 16.5. The molecule has 2 rings (SSSR count). The number of amides is 1. The van der Waals surface area contributed by atoms with Gasteiger partial charge in [-0.1, -0.05) is 0 Å². The third-order valence-corrected chi connectivity index (χ3v) is 4.06. The van der Waals surface area contributed by atoms with Gasteiger partial charge in [-0.3, -0.25) is 9.59 Å². The molecule has 6 nitrogen and oxygen atoms in total. The Balaban J connectivity index is 2.07. The maximum atomic E-state index is 12.5. The summed E-state index contributed by atoms with van der Waals surface area (Å²) in [6.45, 7) is 3.42. The van der Waals surface area contributed by atoms with E-state index in [0.717, 1.165) is 6.42 Å². The van der Waals surface area contributed by atoms with Gasteiger partial charge in [0.15, 0.2) is 0 Å². The first-order valence-electron chi connectivity index (χ1n) is 6.30. The Morgan fingerprint density at radius 2 is 2.22 bits per heavy atom. The molecule has 3 atom stereocenters. The maximum Gasteiger partial charge on any atom is 0.308 e. The first-order valence-corrected chi connectivity index (χ1v) is 6.30. The summed E-state index contributed by atoms with van der Waals surface area (Å²) in [5.41, 5.74) is 5.22. The fourth-order valence-corrected chi connectivity index (χ4v) is 2.63. The molecule has 0 spiro atoms. The molecule has 18 heavy (non-hydrogen) atoms. The van der Waals surface area contributed by atoms with Crippen LogP contribution in [0.2, 0.25) is 0 Å². The molecular formula is C12H20N2O4. The van der Waals surface area contributed by atoms with Gasteiger partial charge >= 0.3 is 5.97 Å². The van der Waals surface area contributed by atoms with Crippen molar-refractivity contribution in [2.45, 2.75) is 25.8 Å². The second-order valence-electron chi connectivity index (χ2n) is 5.47. The summed E-state index contributed by atoms with van der Waals surface area (Å²) < 4.78 is 5.27. The molecule has 2 fully saturated rings. The first kappa shape index (κ1) is 13.3. The molecular weight excluding hydrogens is 236 g/mol. The number of carbonyl (C=O) groups is 2. The van der Waals surface area contributed by atoms with Crippen LogP contribution in [0.4, 0.5) is 0 Å². The third kappa shape index (κ3) is 2.22. The summed E-state index contributed by atoms with van der Waals surface area (Å²) in [5, 5.41) is 9.03. The molecule has 0 radical (unpaired) electrons. The Hall–Kier alpha value is -1.14. The minimum absolute atomic E-state index is 0.0709. The van der Waals surface area contributed by atoms with E-state index in [4.69, 9.17) is 15.6 Å². The molecule has 2 unspecified atom stereocenters. The number of piperidine rings is 1. The molecule has 2 heterocycles. The topological polar surface area (TPSA) is 92.9 Å². The zero-order valence-corrected chi connectivity index (χ0v) is 10.6. The van der Waals surface area contributed by atoms with Gasteiger partial charge in [0, 0.05) is 19.1 Å². The van der Waals surface area contributed by atoms with Crippen molar-refractivity contribution in [2.24, 2.45) is 17.1 Å². The smallest absolute Gasteiger partial charge is 0.308 e. The SMILES string of the molecule is CC1(C(=O)N2CCC[C@H](C(=O)O)C2)COCC1N. The summed E-state index contributed by atoms with van der Waals surface area (Å²) in [6.07, 6.45) is 1.37. The Labute approximate surface area is 106 Å². The van der Waals surface area contributed by atoms with Crippen molar-refractivity contribution in [1.29, 1.82) is 0 Å². The quantitative estimate of drug-likeness (QED) is 0.706. The lowest BCUT2D eigenvalue weighted by atomic mass is 9.83. The third-order valence-electron chi connectivity index (χ3n) is 4.06. The van der Waals surface area contributed by atoms with Gasteiger partial charge in [-0.05, 0) is 19.8 Å². The van der Waals surface area contributed by atoms with Crippen LogP contribution in [-0.4, -0.2) is 54.2 Å². The molecule has 0 aliphatic carbocycles. The van der Waals surface area contributed by atoms with Gasteiger partial charge in [-0.2, -0.15) is 0 Å². The van der Waals surface area contributed by atoms with Crippen LogP contribution >= 0.6 is 0 Å². The van der Waals surface area contributed by atoms with E-state index in [0.29, 0.717) is 26.2 Å². The lowest BCUT2D eigenvalue weighted by Crippen LogP contribution is -2.54. The van der Waals surface area contributed by atoms with E-state index in [9.17, 15) is 9.59 Å². The number of ether oxygens (including phenoxy) is 1. The zero-order chi connectivity index (χ0) is 13.3. The number of carbonyl (C=O) groups excluding carboxylic acids is 1. The predicted molar refractivity (Wildman–Crippen MR) is 63.8 cm³/mol. The highest BCUT2D eigenvalue weighted by Crippen LogP contribution is 2.31. The lowest BCUT2D eigenvalue weighted by Gasteiger charge is -2.37. The molecule has 102 valence electrons. The number of carboxylic acid groups (broad SMARTS) is 1. The second-order valence-corrected chi connectivity index (χ2v) is 5.47. The minimum atomic E-state index is -0.829. The molecule has 0 saturated carbocycles. The highest BCUT2D eigenvalue weighted by molar-refractivity contribution is 5.84. The predicted octanol–water partition coefficient (Wildman–Crippen LogP) is -0.327. The monoisotopic (exact) mass is 256 g/mol. The lowest BCUT2D eigenvalue weighted by molar-refractivity contribution is -0.149. The summed E-state index contributed by atoms with van der Waals surface area (Å²) >= 11 is 0. The second kappa shape index (κ2) is 4.85. The van der Waals surface area contributed by atoms with Gasteiger partial charge < -0.3 is 20.5 Å². The zero-order valence-electron chi connectivity index (χ0n) is 10.6. The standard InChI is InChI=1S/C12H20N2O4/c1-12(7-18-6-9(12)13)11(17)14-4-2-3-8(5-14)10(15)16/h8-9H,2-7,13H2,1H3,(H,15,16)/t8-,9?,12?/m0/s1. The normalized spacial score (nSPS) is 36.7. The number of hydrogen-bond acceptors (Lipinski definition) is 4. The molecule has 0 aromatic rings. The average Bonchev–Trinajstić information content (AvgIpc) is 2.70. The Kier molecular flexibility index (Phi) is 3.59. The fraction of sp³-hybridized carbons (Fsp3) is 0.833. The van der Waals surface area contributed by atoms with E-state index < -0.39 is 17.3 Å². The molecule has 2 aliphatic heterocycles. The Morgan fingerprint density at radius 1 is 1.50 bits per heavy atom. The number of rotatable bonds is 2.